The number of benzene rings is 1. The van der Waals surface area contributed by atoms with E-state index in [1.165, 1.54) is 0 Å². The first kappa shape index (κ1) is 15.0. The summed E-state index contributed by atoms with van der Waals surface area (Å²) in [6.07, 6.45) is 2.63. The molecule has 1 fully saturated rings. The number of hydrogen-bond acceptors (Lipinski definition) is 4. The monoisotopic (exact) mass is 286 g/mol. The quantitative estimate of drug-likeness (QED) is 0.856. The largest absolute Gasteiger partial charge is 0.368 e. The summed E-state index contributed by atoms with van der Waals surface area (Å²) in [6, 6.07) is 8.30. The highest BCUT2D eigenvalue weighted by Crippen LogP contribution is 2.16. The number of piperidine rings is 1. The van der Waals surface area contributed by atoms with Crippen molar-refractivity contribution in [2.75, 3.05) is 18.4 Å². The van der Waals surface area contributed by atoms with Gasteiger partial charge in [-0.3, -0.25) is 14.5 Å². The minimum atomic E-state index is -0.374. The highest BCUT2D eigenvalue weighted by molar-refractivity contribution is 5.92. The van der Waals surface area contributed by atoms with E-state index in [2.05, 4.69) is 5.32 Å². The van der Waals surface area contributed by atoms with Crippen LogP contribution in [0.15, 0.2) is 24.3 Å². The minimum absolute atomic E-state index is 0.146. The summed E-state index contributed by atoms with van der Waals surface area (Å²) in [7, 11) is 0. The number of nitriles is 1. The molecule has 3 N–H and O–H groups in total. The van der Waals surface area contributed by atoms with Crippen molar-refractivity contribution in [2.45, 2.75) is 25.3 Å². The van der Waals surface area contributed by atoms with Crippen LogP contribution in [-0.2, 0) is 9.59 Å². The molecule has 0 spiro atoms. The van der Waals surface area contributed by atoms with Crippen molar-refractivity contribution in [3.63, 3.8) is 0 Å². The van der Waals surface area contributed by atoms with Crippen LogP contribution >= 0.6 is 0 Å². The molecular weight excluding hydrogens is 268 g/mol. The van der Waals surface area contributed by atoms with Gasteiger partial charge in [-0.1, -0.05) is 6.42 Å². The average molecular weight is 286 g/mol. The van der Waals surface area contributed by atoms with Crippen molar-refractivity contribution in [1.82, 2.24) is 4.90 Å². The summed E-state index contributed by atoms with van der Waals surface area (Å²) in [4.78, 5) is 25.3. The average Bonchev–Trinajstić information content (AvgIpc) is 2.48. The Balaban J connectivity index is 1.93. The summed E-state index contributed by atoms with van der Waals surface area (Å²) in [6.45, 7) is 0.849. The van der Waals surface area contributed by atoms with Crippen LogP contribution in [0.2, 0.25) is 0 Å². The van der Waals surface area contributed by atoms with E-state index in [1.807, 2.05) is 11.0 Å². The number of anilines is 1. The van der Waals surface area contributed by atoms with Gasteiger partial charge in [0.05, 0.1) is 24.2 Å². The molecule has 0 unspecified atom stereocenters. The fourth-order valence-electron chi connectivity index (χ4n) is 2.52. The molecule has 6 heteroatoms. The first-order chi connectivity index (χ1) is 10.1. The summed E-state index contributed by atoms with van der Waals surface area (Å²) >= 11 is 0. The Bertz CT molecular complexity index is 562. The van der Waals surface area contributed by atoms with Gasteiger partial charge in [0.2, 0.25) is 11.8 Å². The molecule has 1 aromatic rings. The molecule has 6 nitrogen and oxygen atoms in total. The number of nitrogens with one attached hydrogen (secondary N) is 1. The number of hydrogen-bond donors (Lipinski definition) is 2. The van der Waals surface area contributed by atoms with Crippen molar-refractivity contribution in [1.29, 1.82) is 5.26 Å². The number of rotatable bonds is 4. The van der Waals surface area contributed by atoms with Crippen LogP contribution in [0.4, 0.5) is 5.69 Å². The zero-order valence-electron chi connectivity index (χ0n) is 11.7. The molecular formula is C15H18N4O2. The van der Waals surface area contributed by atoms with Crippen LogP contribution in [0, 0.1) is 11.3 Å². The zero-order chi connectivity index (χ0) is 15.2. The molecule has 2 amide bonds. The molecule has 21 heavy (non-hydrogen) atoms. The van der Waals surface area contributed by atoms with E-state index < -0.39 is 0 Å². The lowest BCUT2D eigenvalue weighted by Crippen LogP contribution is -2.50. The van der Waals surface area contributed by atoms with Crippen molar-refractivity contribution in [3.05, 3.63) is 29.8 Å². The number of carbonyl (C=O) groups excluding carboxylic acids is 2. The molecule has 2 rings (SSSR count). The van der Waals surface area contributed by atoms with E-state index in [1.54, 1.807) is 24.3 Å². The molecule has 0 radical (unpaired) electrons. The van der Waals surface area contributed by atoms with Crippen LogP contribution in [0.5, 0.6) is 0 Å². The lowest BCUT2D eigenvalue weighted by molar-refractivity contribution is -0.126. The van der Waals surface area contributed by atoms with E-state index >= 15 is 0 Å². The Hall–Kier alpha value is -2.39. The van der Waals surface area contributed by atoms with Gasteiger partial charge in [-0.05, 0) is 43.7 Å². The topological polar surface area (TPSA) is 99.2 Å². The third-order valence-electron chi connectivity index (χ3n) is 3.59. The third kappa shape index (κ3) is 4.04. The maximum absolute atomic E-state index is 12.0. The molecule has 0 bridgehead atoms. The normalized spacial score (nSPS) is 18.7. The number of primary amides is 1. The van der Waals surface area contributed by atoms with Crippen LogP contribution in [0.1, 0.15) is 24.8 Å². The highest BCUT2D eigenvalue weighted by atomic mass is 16.2. The van der Waals surface area contributed by atoms with Crippen LogP contribution in [-0.4, -0.2) is 35.8 Å². The molecule has 0 aromatic heterocycles. The Kier molecular flexibility index (Phi) is 4.90. The molecule has 1 atom stereocenters. The summed E-state index contributed by atoms with van der Waals surface area (Å²) in [5.41, 5.74) is 6.55. The van der Waals surface area contributed by atoms with Gasteiger partial charge in [0.25, 0.3) is 0 Å². The summed E-state index contributed by atoms with van der Waals surface area (Å²) in [5.74, 6) is -0.561. The lowest BCUT2D eigenvalue weighted by Gasteiger charge is -2.32. The smallest absolute Gasteiger partial charge is 0.238 e. The van der Waals surface area contributed by atoms with E-state index in [0.29, 0.717) is 24.2 Å². The molecule has 0 saturated carbocycles. The predicted octanol–water partition coefficient (Wildman–Crippen LogP) is 0.837. The van der Waals surface area contributed by atoms with Gasteiger partial charge < -0.3 is 11.1 Å². The predicted molar refractivity (Wildman–Crippen MR) is 78.2 cm³/mol. The van der Waals surface area contributed by atoms with Crippen molar-refractivity contribution in [2.24, 2.45) is 5.73 Å². The van der Waals surface area contributed by atoms with Gasteiger partial charge in [-0.15, -0.1) is 0 Å². The van der Waals surface area contributed by atoms with E-state index in [4.69, 9.17) is 11.0 Å². The van der Waals surface area contributed by atoms with Gasteiger partial charge >= 0.3 is 0 Å². The Morgan fingerprint density at radius 3 is 2.67 bits per heavy atom. The minimum Gasteiger partial charge on any atom is -0.368 e. The SMILES string of the molecule is N#Cc1ccc(NC(=O)CN2CCCC[C@H]2C(N)=O)cc1. The van der Waals surface area contributed by atoms with Crippen molar-refractivity contribution < 1.29 is 9.59 Å². The first-order valence-electron chi connectivity index (χ1n) is 6.93. The number of amides is 2. The van der Waals surface area contributed by atoms with Gasteiger partial charge in [-0.2, -0.15) is 5.26 Å². The molecule has 1 heterocycles. The zero-order valence-corrected chi connectivity index (χ0v) is 11.7. The number of carbonyl (C=O) groups is 2. The fourth-order valence-corrected chi connectivity index (χ4v) is 2.52. The van der Waals surface area contributed by atoms with E-state index in [-0.39, 0.29) is 24.4 Å². The maximum atomic E-state index is 12.0. The van der Waals surface area contributed by atoms with E-state index in [0.717, 1.165) is 12.8 Å². The maximum Gasteiger partial charge on any atom is 0.238 e. The number of nitrogens with two attached hydrogens (primary N) is 1. The number of nitrogens with zero attached hydrogens (tertiary/aromatic N) is 2. The molecule has 0 aliphatic carbocycles. The van der Waals surface area contributed by atoms with Gasteiger partial charge in [-0.25, -0.2) is 0 Å². The lowest BCUT2D eigenvalue weighted by atomic mass is 10.0. The molecule has 1 aliphatic rings. The number of likely N-dealkylation sites (tertiary alicyclic amines) is 1. The second kappa shape index (κ2) is 6.86. The Morgan fingerprint density at radius 1 is 1.33 bits per heavy atom. The van der Waals surface area contributed by atoms with Crippen LogP contribution in [0.3, 0.4) is 0 Å². The highest BCUT2D eigenvalue weighted by Gasteiger charge is 2.28. The summed E-state index contributed by atoms with van der Waals surface area (Å²) < 4.78 is 0. The standard InChI is InChI=1S/C15H18N4O2/c16-9-11-4-6-12(7-5-11)18-14(20)10-19-8-2-1-3-13(19)15(17)21/h4-7,13H,1-3,8,10H2,(H2,17,21)(H,18,20)/t13-/m0/s1. The van der Waals surface area contributed by atoms with Gasteiger partial charge in [0.15, 0.2) is 0 Å². The van der Waals surface area contributed by atoms with Gasteiger partial charge in [0.1, 0.15) is 0 Å². The van der Waals surface area contributed by atoms with Crippen LogP contribution in [0.25, 0.3) is 0 Å². The fraction of sp³-hybridized carbons (Fsp3) is 0.400. The Morgan fingerprint density at radius 2 is 2.05 bits per heavy atom. The summed E-state index contributed by atoms with van der Waals surface area (Å²) in [5, 5.41) is 11.5. The van der Waals surface area contributed by atoms with Crippen LogP contribution < -0.4 is 11.1 Å². The second-order valence-electron chi connectivity index (χ2n) is 5.12. The molecule has 1 aliphatic heterocycles. The third-order valence-corrected chi connectivity index (χ3v) is 3.59. The van der Waals surface area contributed by atoms with E-state index in [9.17, 15) is 9.59 Å². The van der Waals surface area contributed by atoms with Crippen molar-refractivity contribution in [3.8, 4) is 6.07 Å². The second-order valence-corrected chi connectivity index (χ2v) is 5.12. The Labute approximate surface area is 123 Å². The molecule has 1 aromatic carbocycles. The first-order valence-corrected chi connectivity index (χ1v) is 6.93. The molecule has 1 saturated heterocycles. The van der Waals surface area contributed by atoms with Gasteiger partial charge in [0, 0.05) is 5.69 Å². The molecule has 110 valence electrons. The van der Waals surface area contributed by atoms with Crippen molar-refractivity contribution >= 4 is 17.5 Å².